The molecular weight excluding hydrogens is 307 g/mol. The molecule has 112 valence electrons. The van der Waals surface area contributed by atoms with Gasteiger partial charge in [0.25, 0.3) is 0 Å². The van der Waals surface area contributed by atoms with Crippen molar-refractivity contribution < 1.29 is 19.0 Å². The van der Waals surface area contributed by atoms with Crippen LogP contribution in [0.5, 0.6) is 5.75 Å². The van der Waals surface area contributed by atoms with Crippen LogP contribution in [-0.2, 0) is 4.74 Å². The van der Waals surface area contributed by atoms with Gasteiger partial charge in [-0.15, -0.1) is 11.3 Å². The maximum absolute atomic E-state index is 13.0. The Labute approximate surface area is 129 Å². The predicted molar refractivity (Wildman–Crippen MR) is 80.4 cm³/mol. The molecule has 0 fully saturated rings. The van der Waals surface area contributed by atoms with Gasteiger partial charge in [-0.2, -0.15) is 0 Å². The Morgan fingerprint density at radius 2 is 2.09 bits per heavy atom. The molecule has 0 atom stereocenters. The first-order chi connectivity index (χ1) is 10.6. The summed E-state index contributed by atoms with van der Waals surface area (Å²) in [6.45, 7) is 1.87. The first kappa shape index (κ1) is 14.4. The molecule has 0 aliphatic rings. The number of ether oxygens (including phenoxy) is 1. The predicted octanol–water partition coefficient (Wildman–Crippen LogP) is 3.38. The molecule has 3 rings (SSSR count). The first-order valence-corrected chi connectivity index (χ1v) is 7.33. The van der Waals surface area contributed by atoms with Crippen LogP contribution in [0.1, 0.15) is 17.4 Å². The maximum atomic E-state index is 13.0. The van der Waals surface area contributed by atoms with E-state index in [9.17, 15) is 14.3 Å². The minimum atomic E-state index is -0.682. The SMILES string of the molecule is CCOC(=O)c1ncc2nc(-c3ccc(F)cc3)sc2c1O. The van der Waals surface area contributed by atoms with E-state index >= 15 is 0 Å². The van der Waals surface area contributed by atoms with Gasteiger partial charge in [0.05, 0.1) is 12.8 Å². The van der Waals surface area contributed by atoms with E-state index in [4.69, 9.17) is 4.74 Å². The van der Waals surface area contributed by atoms with Gasteiger partial charge in [-0.25, -0.2) is 19.2 Å². The highest BCUT2D eigenvalue weighted by Gasteiger charge is 2.19. The minimum Gasteiger partial charge on any atom is -0.504 e. The zero-order valence-electron chi connectivity index (χ0n) is 11.5. The van der Waals surface area contributed by atoms with Crippen molar-refractivity contribution in [3.05, 3.63) is 42.0 Å². The van der Waals surface area contributed by atoms with E-state index in [2.05, 4.69) is 9.97 Å². The average Bonchev–Trinajstić information content (AvgIpc) is 2.93. The molecule has 3 aromatic rings. The molecule has 0 saturated carbocycles. The fraction of sp³-hybridized carbons (Fsp3) is 0.133. The number of aromatic hydroxyl groups is 1. The summed E-state index contributed by atoms with van der Waals surface area (Å²) < 4.78 is 18.3. The molecule has 5 nitrogen and oxygen atoms in total. The molecule has 2 heterocycles. The Morgan fingerprint density at radius 1 is 1.36 bits per heavy atom. The number of carbonyl (C=O) groups is 1. The highest BCUT2D eigenvalue weighted by atomic mass is 32.1. The molecule has 0 saturated heterocycles. The molecule has 0 unspecified atom stereocenters. The molecule has 7 heteroatoms. The molecule has 1 aromatic carbocycles. The largest absolute Gasteiger partial charge is 0.504 e. The normalized spacial score (nSPS) is 10.8. The van der Waals surface area contributed by atoms with E-state index in [-0.39, 0.29) is 23.9 Å². The molecule has 0 spiro atoms. The van der Waals surface area contributed by atoms with Crippen molar-refractivity contribution in [2.45, 2.75) is 6.92 Å². The van der Waals surface area contributed by atoms with Crippen LogP contribution < -0.4 is 0 Å². The summed E-state index contributed by atoms with van der Waals surface area (Å²) in [5.74, 6) is -1.26. The second-order valence-electron chi connectivity index (χ2n) is 4.42. The van der Waals surface area contributed by atoms with Gasteiger partial charge in [0, 0.05) is 5.56 Å². The van der Waals surface area contributed by atoms with Gasteiger partial charge in [0.15, 0.2) is 11.4 Å². The number of aromatic nitrogens is 2. The maximum Gasteiger partial charge on any atom is 0.360 e. The Bertz CT molecular complexity index is 846. The van der Waals surface area contributed by atoms with Crippen molar-refractivity contribution in [2.75, 3.05) is 6.61 Å². The number of carbonyl (C=O) groups excluding carboxylic acids is 1. The van der Waals surface area contributed by atoms with E-state index in [1.54, 1.807) is 19.1 Å². The molecule has 22 heavy (non-hydrogen) atoms. The number of halogens is 1. The van der Waals surface area contributed by atoms with Crippen molar-refractivity contribution in [1.82, 2.24) is 9.97 Å². The molecule has 0 aliphatic carbocycles. The van der Waals surface area contributed by atoms with Crippen LogP contribution >= 0.6 is 11.3 Å². The summed E-state index contributed by atoms with van der Waals surface area (Å²) >= 11 is 1.20. The Morgan fingerprint density at radius 3 is 2.77 bits per heavy atom. The lowest BCUT2D eigenvalue weighted by atomic mass is 10.2. The van der Waals surface area contributed by atoms with Crippen molar-refractivity contribution >= 4 is 27.5 Å². The quantitative estimate of drug-likeness (QED) is 0.750. The number of hydrogen-bond acceptors (Lipinski definition) is 6. The van der Waals surface area contributed by atoms with Crippen LogP contribution in [0, 0.1) is 5.82 Å². The zero-order chi connectivity index (χ0) is 15.7. The van der Waals surface area contributed by atoms with E-state index < -0.39 is 5.97 Å². The molecule has 0 radical (unpaired) electrons. The van der Waals surface area contributed by atoms with Crippen molar-refractivity contribution in [1.29, 1.82) is 0 Å². The number of thiazole rings is 1. The van der Waals surface area contributed by atoms with Gasteiger partial charge in [-0.05, 0) is 31.2 Å². The molecule has 1 N–H and O–H groups in total. The number of esters is 1. The Kier molecular flexibility index (Phi) is 3.72. The summed E-state index contributed by atoms with van der Waals surface area (Å²) in [5.41, 5.74) is 1.05. The third-order valence-corrected chi connectivity index (χ3v) is 4.10. The second-order valence-corrected chi connectivity index (χ2v) is 5.42. The van der Waals surface area contributed by atoms with E-state index in [1.165, 1.54) is 29.7 Å². The van der Waals surface area contributed by atoms with Gasteiger partial charge in [0.2, 0.25) is 0 Å². The van der Waals surface area contributed by atoms with Crippen molar-refractivity contribution in [3.63, 3.8) is 0 Å². The van der Waals surface area contributed by atoms with E-state index in [1.807, 2.05) is 0 Å². The minimum absolute atomic E-state index is 0.136. The first-order valence-electron chi connectivity index (χ1n) is 6.51. The Balaban J connectivity index is 2.08. The van der Waals surface area contributed by atoms with Gasteiger partial charge >= 0.3 is 5.97 Å². The molecule has 0 aliphatic heterocycles. The van der Waals surface area contributed by atoms with Crippen LogP contribution in [-0.4, -0.2) is 27.7 Å². The highest BCUT2D eigenvalue weighted by molar-refractivity contribution is 7.22. The number of nitrogens with zero attached hydrogens (tertiary/aromatic N) is 2. The van der Waals surface area contributed by atoms with Crippen LogP contribution in [0.25, 0.3) is 20.8 Å². The van der Waals surface area contributed by atoms with E-state index in [0.29, 0.717) is 15.2 Å². The molecular formula is C15H11FN2O3S. The lowest BCUT2D eigenvalue weighted by Crippen LogP contribution is -2.07. The van der Waals surface area contributed by atoms with Gasteiger partial charge in [-0.3, -0.25) is 0 Å². The van der Waals surface area contributed by atoms with E-state index in [0.717, 1.165) is 5.56 Å². The summed E-state index contributed by atoms with van der Waals surface area (Å²) in [4.78, 5) is 20.0. The number of pyridine rings is 1. The number of benzene rings is 1. The fourth-order valence-electron chi connectivity index (χ4n) is 1.95. The summed E-state index contributed by atoms with van der Waals surface area (Å²) in [6, 6.07) is 5.88. The van der Waals surface area contributed by atoms with Crippen LogP contribution in [0.15, 0.2) is 30.5 Å². The third kappa shape index (κ3) is 2.50. The van der Waals surface area contributed by atoms with Gasteiger partial charge in [-0.1, -0.05) is 0 Å². The van der Waals surface area contributed by atoms with Gasteiger partial charge < -0.3 is 9.84 Å². The zero-order valence-corrected chi connectivity index (χ0v) is 12.4. The average molecular weight is 318 g/mol. The fourth-order valence-corrected chi connectivity index (χ4v) is 2.94. The van der Waals surface area contributed by atoms with Crippen LogP contribution in [0.4, 0.5) is 4.39 Å². The summed E-state index contributed by atoms with van der Waals surface area (Å²) in [5, 5.41) is 10.8. The topological polar surface area (TPSA) is 72.3 Å². The highest BCUT2D eigenvalue weighted by Crippen LogP contribution is 2.36. The smallest absolute Gasteiger partial charge is 0.360 e. The number of fused-ring (bicyclic) bond motifs is 1. The Hall–Kier alpha value is -2.54. The molecule has 0 bridgehead atoms. The summed E-state index contributed by atoms with van der Waals surface area (Å²) in [6.07, 6.45) is 1.41. The summed E-state index contributed by atoms with van der Waals surface area (Å²) in [7, 11) is 0. The van der Waals surface area contributed by atoms with Crippen molar-refractivity contribution in [3.8, 4) is 16.3 Å². The lowest BCUT2D eigenvalue weighted by Gasteiger charge is -2.02. The standard InChI is InChI=1S/C15H11FN2O3S/c1-2-21-15(20)11-12(19)13-10(7-17-11)18-14(22-13)8-3-5-9(16)6-4-8/h3-7,19H,2H2,1H3. The number of rotatable bonds is 3. The number of hydrogen-bond donors (Lipinski definition) is 1. The monoisotopic (exact) mass is 318 g/mol. The molecule has 2 aromatic heterocycles. The second kappa shape index (κ2) is 5.69. The van der Waals surface area contributed by atoms with Crippen LogP contribution in [0.3, 0.4) is 0 Å². The lowest BCUT2D eigenvalue weighted by molar-refractivity contribution is 0.0516. The third-order valence-electron chi connectivity index (χ3n) is 2.97. The van der Waals surface area contributed by atoms with Gasteiger partial charge in [0.1, 0.15) is 21.0 Å². The van der Waals surface area contributed by atoms with Crippen LogP contribution in [0.2, 0.25) is 0 Å². The molecule has 0 amide bonds. The van der Waals surface area contributed by atoms with Crippen molar-refractivity contribution in [2.24, 2.45) is 0 Å².